The molecule has 19 heavy (non-hydrogen) atoms. The molecule has 2 heteroatoms. The van der Waals surface area contributed by atoms with E-state index in [2.05, 4.69) is 75.1 Å². The van der Waals surface area contributed by atoms with E-state index in [1.165, 1.54) is 16.7 Å². The van der Waals surface area contributed by atoms with E-state index in [4.69, 9.17) is 4.43 Å². The van der Waals surface area contributed by atoms with Crippen molar-refractivity contribution in [2.45, 2.75) is 32.7 Å². The Morgan fingerprint density at radius 3 is 1.84 bits per heavy atom. The zero-order valence-corrected chi connectivity index (χ0v) is 13.2. The molecule has 2 rings (SSSR count). The molecule has 0 heterocycles. The predicted molar refractivity (Wildman–Crippen MR) is 83.9 cm³/mol. The van der Waals surface area contributed by atoms with Gasteiger partial charge < -0.3 is 4.43 Å². The van der Waals surface area contributed by atoms with E-state index in [9.17, 15) is 0 Å². The van der Waals surface area contributed by atoms with Crippen molar-refractivity contribution in [1.82, 2.24) is 0 Å². The monoisotopic (exact) mass is 270 g/mol. The zero-order valence-electron chi connectivity index (χ0n) is 12.2. The van der Waals surface area contributed by atoms with Gasteiger partial charge >= 0.3 is 0 Å². The van der Waals surface area contributed by atoms with Crippen LogP contribution in [0.3, 0.4) is 0 Å². The standard InChI is InChI=1S/C17H22OSi/c1-14-10-12-16(13-11-14)17(18-19(2,3)4)15-8-6-5-7-9-15/h5-13,17H,1-4H3. The summed E-state index contributed by atoms with van der Waals surface area (Å²) in [5.74, 6) is 0. The van der Waals surface area contributed by atoms with E-state index in [1.54, 1.807) is 0 Å². The Balaban J connectivity index is 2.37. The summed E-state index contributed by atoms with van der Waals surface area (Å²) in [6.07, 6.45) is 0.0495. The maximum atomic E-state index is 6.39. The maximum absolute atomic E-state index is 6.39. The number of benzene rings is 2. The van der Waals surface area contributed by atoms with Crippen molar-refractivity contribution >= 4 is 8.32 Å². The molecular weight excluding hydrogens is 248 g/mol. The fraction of sp³-hybridized carbons (Fsp3) is 0.294. The molecule has 0 amide bonds. The van der Waals surface area contributed by atoms with Crippen LogP contribution in [-0.4, -0.2) is 8.32 Å². The van der Waals surface area contributed by atoms with Crippen molar-refractivity contribution in [2.75, 3.05) is 0 Å². The molecule has 0 aliphatic carbocycles. The lowest BCUT2D eigenvalue weighted by Gasteiger charge is -2.27. The highest BCUT2D eigenvalue weighted by Crippen LogP contribution is 2.29. The Labute approximate surface area is 117 Å². The highest BCUT2D eigenvalue weighted by molar-refractivity contribution is 6.69. The number of aryl methyl sites for hydroxylation is 1. The SMILES string of the molecule is Cc1ccc(C(O[Si](C)(C)C)c2ccccc2)cc1. The van der Waals surface area contributed by atoms with E-state index in [1.807, 2.05) is 6.07 Å². The molecule has 0 aromatic heterocycles. The molecule has 0 aliphatic rings. The van der Waals surface area contributed by atoms with Gasteiger partial charge in [-0.05, 0) is 37.7 Å². The third kappa shape index (κ3) is 4.05. The average molecular weight is 270 g/mol. The zero-order chi connectivity index (χ0) is 13.9. The molecular formula is C17H22OSi. The van der Waals surface area contributed by atoms with Crippen LogP contribution in [0.5, 0.6) is 0 Å². The van der Waals surface area contributed by atoms with Gasteiger partial charge in [-0.15, -0.1) is 0 Å². The van der Waals surface area contributed by atoms with E-state index < -0.39 is 8.32 Å². The van der Waals surface area contributed by atoms with E-state index in [0.29, 0.717) is 0 Å². The second-order valence-corrected chi connectivity index (χ2v) is 10.4. The Hall–Kier alpha value is -1.38. The van der Waals surface area contributed by atoms with Gasteiger partial charge in [-0.1, -0.05) is 60.2 Å². The van der Waals surface area contributed by atoms with Gasteiger partial charge in [0.25, 0.3) is 0 Å². The fourth-order valence-electron chi connectivity index (χ4n) is 2.05. The molecule has 1 nitrogen and oxygen atoms in total. The Morgan fingerprint density at radius 1 is 0.789 bits per heavy atom. The highest BCUT2D eigenvalue weighted by Gasteiger charge is 2.23. The van der Waals surface area contributed by atoms with Gasteiger partial charge in [0.05, 0.1) is 6.10 Å². The molecule has 0 aliphatic heterocycles. The van der Waals surface area contributed by atoms with Crippen molar-refractivity contribution in [3.63, 3.8) is 0 Å². The lowest BCUT2D eigenvalue weighted by molar-refractivity contribution is 0.240. The molecule has 0 radical (unpaired) electrons. The van der Waals surface area contributed by atoms with Gasteiger partial charge in [0.2, 0.25) is 0 Å². The quantitative estimate of drug-likeness (QED) is 0.715. The van der Waals surface area contributed by atoms with E-state index >= 15 is 0 Å². The number of hydrogen-bond acceptors (Lipinski definition) is 1. The first-order chi connectivity index (χ1) is 8.96. The van der Waals surface area contributed by atoms with Gasteiger partial charge in [-0.3, -0.25) is 0 Å². The van der Waals surface area contributed by atoms with Crippen LogP contribution in [-0.2, 0) is 4.43 Å². The maximum Gasteiger partial charge on any atom is 0.185 e. The van der Waals surface area contributed by atoms with Crippen LogP contribution in [0.2, 0.25) is 19.6 Å². The molecule has 0 spiro atoms. The first kappa shape index (κ1) is 14.0. The summed E-state index contributed by atoms with van der Waals surface area (Å²) in [6, 6.07) is 19.1. The molecule has 2 aromatic rings. The summed E-state index contributed by atoms with van der Waals surface area (Å²) in [4.78, 5) is 0. The molecule has 2 aromatic carbocycles. The van der Waals surface area contributed by atoms with Crippen LogP contribution in [0.15, 0.2) is 54.6 Å². The van der Waals surface area contributed by atoms with Crippen LogP contribution < -0.4 is 0 Å². The van der Waals surface area contributed by atoms with Crippen LogP contribution >= 0.6 is 0 Å². The lowest BCUT2D eigenvalue weighted by Crippen LogP contribution is -2.28. The smallest absolute Gasteiger partial charge is 0.185 e. The summed E-state index contributed by atoms with van der Waals surface area (Å²) in [6.45, 7) is 8.81. The van der Waals surface area contributed by atoms with E-state index in [0.717, 1.165) is 0 Å². The number of hydrogen-bond donors (Lipinski definition) is 0. The lowest BCUT2D eigenvalue weighted by atomic mass is 10.0. The largest absolute Gasteiger partial charge is 0.407 e. The molecule has 0 saturated heterocycles. The van der Waals surface area contributed by atoms with Gasteiger partial charge in [-0.25, -0.2) is 0 Å². The first-order valence-electron chi connectivity index (χ1n) is 6.75. The van der Waals surface area contributed by atoms with Gasteiger partial charge in [0, 0.05) is 0 Å². The van der Waals surface area contributed by atoms with Crippen LogP contribution in [0, 0.1) is 6.92 Å². The van der Waals surface area contributed by atoms with Crippen LogP contribution in [0.4, 0.5) is 0 Å². The molecule has 1 unspecified atom stereocenters. The summed E-state index contributed by atoms with van der Waals surface area (Å²) in [7, 11) is -1.60. The second kappa shape index (κ2) is 5.72. The second-order valence-electron chi connectivity index (χ2n) is 5.93. The van der Waals surface area contributed by atoms with Crippen molar-refractivity contribution < 1.29 is 4.43 Å². The molecule has 100 valence electrons. The minimum Gasteiger partial charge on any atom is -0.407 e. The molecule has 0 bridgehead atoms. The normalized spacial score (nSPS) is 13.3. The summed E-state index contributed by atoms with van der Waals surface area (Å²) < 4.78 is 6.39. The topological polar surface area (TPSA) is 9.23 Å². The van der Waals surface area contributed by atoms with Crippen molar-refractivity contribution in [3.8, 4) is 0 Å². The van der Waals surface area contributed by atoms with E-state index in [-0.39, 0.29) is 6.10 Å². The summed E-state index contributed by atoms with van der Waals surface area (Å²) in [5.41, 5.74) is 3.75. The molecule has 0 fully saturated rings. The third-order valence-corrected chi connectivity index (χ3v) is 3.90. The van der Waals surface area contributed by atoms with Crippen molar-refractivity contribution in [2.24, 2.45) is 0 Å². The Morgan fingerprint density at radius 2 is 1.32 bits per heavy atom. The highest BCUT2D eigenvalue weighted by atomic mass is 28.4. The third-order valence-electron chi connectivity index (χ3n) is 2.95. The first-order valence-corrected chi connectivity index (χ1v) is 10.2. The fourth-order valence-corrected chi connectivity index (χ4v) is 3.03. The number of rotatable bonds is 4. The Kier molecular flexibility index (Phi) is 4.23. The summed E-state index contributed by atoms with van der Waals surface area (Å²) >= 11 is 0. The van der Waals surface area contributed by atoms with Crippen LogP contribution in [0.25, 0.3) is 0 Å². The van der Waals surface area contributed by atoms with Crippen molar-refractivity contribution in [3.05, 3.63) is 71.3 Å². The average Bonchev–Trinajstić information content (AvgIpc) is 2.37. The summed E-state index contributed by atoms with van der Waals surface area (Å²) in [5, 5.41) is 0. The molecule has 0 saturated carbocycles. The minimum atomic E-state index is -1.60. The molecule has 1 atom stereocenters. The Bertz CT molecular complexity index is 511. The molecule has 0 N–H and O–H groups in total. The predicted octanol–water partition coefficient (Wildman–Crippen LogP) is 4.94. The van der Waals surface area contributed by atoms with Gasteiger partial charge in [0.15, 0.2) is 8.32 Å². The van der Waals surface area contributed by atoms with Crippen LogP contribution in [0.1, 0.15) is 22.8 Å². The minimum absolute atomic E-state index is 0.0495. The van der Waals surface area contributed by atoms with Crippen molar-refractivity contribution in [1.29, 1.82) is 0 Å². The van der Waals surface area contributed by atoms with Gasteiger partial charge in [0.1, 0.15) is 0 Å². The van der Waals surface area contributed by atoms with Gasteiger partial charge in [-0.2, -0.15) is 0 Å².